The number of carbonyl (C=O) groups excluding carboxylic acids is 2. The first-order valence-electron chi connectivity index (χ1n) is 6.71. The molecular weight excluding hydrogens is 328 g/mol. The first kappa shape index (κ1) is 16.6. The molecule has 8 heteroatoms. The van der Waals surface area contributed by atoms with Crippen LogP contribution < -0.4 is 10.6 Å². The lowest BCUT2D eigenvalue weighted by Crippen LogP contribution is -2.35. The number of thioether (sulfide) groups is 1. The third-order valence-electron chi connectivity index (χ3n) is 3.02. The smallest absolute Gasteiger partial charge is 0.303 e. The average Bonchev–Trinajstić information content (AvgIpc) is 2.44. The van der Waals surface area contributed by atoms with Crippen LogP contribution in [-0.2, 0) is 14.4 Å². The summed E-state index contributed by atoms with van der Waals surface area (Å²) >= 11 is 7.19. The van der Waals surface area contributed by atoms with E-state index >= 15 is 0 Å². The van der Waals surface area contributed by atoms with Crippen molar-refractivity contribution in [3.05, 3.63) is 23.2 Å². The van der Waals surface area contributed by atoms with Gasteiger partial charge in [0.1, 0.15) is 0 Å². The Balaban J connectivity index is 1.85. The van der Waals surface area contributed by atoms with E-state index in [-0.39, 0.29) is 31.2 Å². The lowest BCUT2D eigenvalue weighted by atomic mass is 10.2. The van der Waals surface area contributed by atoms with Gasteiger partial charge in [-0.15, -0.1) is 11.8 Å². The van der Waals surface area contributed by atoms with E-state index in [4.69, 9.17) is 16.7 Å². The molecule has 0 aliphatic carbocycles. The molecule has 118 valence electrons. The summed E-state index contributed by atoms with van der Waals surface area (Å²) in [6, 6.07) is 5.21. The van der Waals surface area contributed by atoms with Crippen molar-refractivity contribution < 1.29 is 19.5 Å². The Labute approximate surface area is 136 Å². The number of aliphatic carboxylic acids is 1. The van der Waals surface area contributed by atoms with E-state index in [0.29, 0.717) is 17.1 Å². The molecule has 0 spiro atoms. The Morgan fingerprint density at radius 3 is 2.91 bits per heavy atom. The molecule has 1 unspecified atom stereocenters. The van der Waals surface area contributed by atoms with Gasteiger partial charge in [0, 0.05) is 29.3 Å². The summed E-state index contributed by atoms with van der Waals surface area (Å²) in [4.78, 5) is 35.0. The molecule has 1 aliphatic heterocycles. The summed E-state index contributed by atoms with van der Waals surface area (Å²) in [6.07, 6.45) is 0.422. The lowest BCUT2D eigenvalue weighted by Gasteiger charge is -2.23. The molecule has 0 radical (unpaired) electrons. The number of benzene rings is 1. The number of hydrogen-bond acceptors (Lipinski definition) is 4. The summed E-state index contributed by atoms with van der Waals surface area (Å²) < 4.78 is 0. The zero-order valence-corrected chi connectivity index (χ0v) is 13.2. The van der Waals surface area contributed by atoms with Gasteiger partial charge in [-0.25, -0.2) is 0 Å². The molecule has 0 saturated carbocycles. The Morgan fingerprint density at radius 1 is 1.41 bits per heavy atom. The van der Waals surface area contributed by atoms with Crippen LogP contribution in [0.5, 0.6) is 0 Å². The number of rotatable bonds is 6. The van der Waals surface area contributed by atoms with Crippen molar-refractivity contribution in [2.45, 2.75) is 29.4 Å². The van der Waals surface area contributed by atoms with Crippen LogP contribution in [0.2, 0.25) is 5.02 Å². The van der Waals surface area contributed by atoms with E-state index in [1.807, 2.05) is 0 Å². The van der Waals surface area contributed by atoms with Crippen LogP contribution in [0, 0.1) is 0 Å². The molecular formula is C14H15ClN2O4S. The van der Waals surface area contributed by atoms with Gasteiger partial charge in [0.25, 0.3) is 0 Å². The molecule has 2 amide bonds. The number of halogens is 1. The van der Waals surface area contributed by atoms with Crippen molar-refractivity contribution in [2.24, 2.45) is 0 Å². The first-order chi connectivity index (χ1) is 10.5. The largest absolute Gasteiger partial charge is 0.481 e. The zero-order valence-electron chi connectivity index (χ0n) is 11.6. The van der Waals surface area contributed by atoms with Crippen LogP contribution in [0.1, 0.15) is 19.3 Å². The molecule has 2 rings (SSSR count). The minimum atomic E-state index is -0.897. The standard InChI is InChI=1S/C14H15ClN2O4S/c15-8-3-4-10-9(6-8)17-14(21)11(22-10)7-12(18)16-5-1-2-13(19)20/h3-4,6,11H,1-2,5,7H2,(H,16,18)(H,17,21)(H,19,20). The van der Waals surface area contributed by atoms with Gasteiger partial charge in [0.15, 0.2) is 0 Å². The minimum Gasteiger partial charge on any atom is -0.481 e. The highest BCUT2D eigenvalue weighted by molar-refractivity contribution is 8.01. The van der Waals surface area contributed by atoms with Gasteiger partial charge in [-0.05, 0) is 24.6 Å². The summed E-state index contributed by atoms with van der Waals surface area (Å²) in [5.74, 6) is -1.40. The van der Waals surface area contributed by atoms with Gasteiger partial charge in [0.2, 0.25) is 11.8 Å². The molecule has 1 aromatic rings. The highest BCUT2D eigenvalue weighted by atomic mass is 35.5. The van der Waals surface area contributed by atoms with E-state index in [2.05, 4.69) is 10.6 Å². The third kappa shape index (κ3) is 4.64. The number of fused-ring (bicyclic) bond motifs is 1. The van der Waals surface area contributed by atoms with E-state index in [1.165, 1.54) is 11.8 Å². The SMILES string of the molecule is O=C(O)CCCNC(=O)CC1Sc2ccc(Cl)cc2NC1=O. The van der Waals surface area contributed by atoms with E-state index in [1.54, 1.807) is 18.2 Å². The van der Waals surface area contributed by atoms with Crippen molar-refractivity contribution in [2.75, 3.05) is 11.9 Å². The van der Waals surface area contributed by atoms with Gasteiger partial charge >= 0.3 is 5.97 Å². The fourth-order valence-corrected chi connectivity index (χ4v) is 3.23. The Kier molecular flexibility index (Phi) is 5.68. The normalized spacial score (nSPS) is 16.6. The summed E-state index contributed by atoms with van der Waals surface area (Å²) in [5.41, 5.74) is 0.653. The molecule has 0 fully saturated rings. The fraction of sp³-hybridized carbons (Fsp3) is 0.357. The van der Waals surface area contributed by atoms with Gasteiger partial charge in [-0.2, -0.15) is 0 Å². The molecule has 3 N–H and O–H groups in total. The van der Waals surface area contributed by atoms with Crippen molar-refractivity contribution >= 4 is 46.8 Å². The van der Waals surface area contributed by atoms with Crippen LogP contribution in [0.3, 0.4) is 0 Å². The van der Waals surface area contributed by atoms with Crippen molar-refractivity contribution in [1.82, 2.24) is 5.32 Å². The molecule has 1 atom stereocenters. The second kappa shape index (κ2) is 7.51. The van der Waals surface area contributed by atoms with Crippen LogP contribution in [-0.4, -0.2) is 34.7 Å². The first-order valence-corrected chi connectivity index (χ1v) is 7.97. The highest BCUT2D eigenvalue weighted by Crippen LogP contribution is 2.38. The van der Waals surface area contributed by atoms with Crippen LogP contribution >= 0.6 is 23.4 Å². The predicted octanol–water partition coefficient (Wildman–Crippen LogP) is 2.12. The topological polar surface area (TPSA) is 95.5 Å². The van der Waals surface area contributed by atoms with Crippen molar-refractivity contribution in [3.8, 4) is 0 Å². The molecule has 1 aliphatic rings. The predicted molar refractivity (Wildman–Crippen MR) is 84.2 cm³/mol. The van der Waals surface area contributed by atoms with Gasteiger partial charge in [-0.1, -0.05) is 11.6 Å². The van der Waals surface area contributed by atoms with Crippen LogP contribution in [0.4, 0.5) is 5.69 Å². The molecule has 1 heterocycles. The van der Waals surface area contributed by atoms with Crippen molar-refractivity contribution in [3.63, 3.8) is 0 Å². The number of carboxylic acids is 1. The number of amides is 2. The maximum absolute atomic E-state index is 12.0. The lowest BCUT2D eigenvalue weighted by molar-refractivity contribution is -0.137. The van der Waals surface area contributed by atoms with Gasteiger partial charge < -0.3 is 15.7 Å². The Bertz CT molecular complexity index is 609. The van der Waals surface area contributed by atoms with Crippen molar-refractivity contribution in [1.29, 1.82) is 0 Å². The number of hydrogen-bond donors (Lipinski definition) is 3. The maximum Gasteiger partial charge on any atom is 0.303 e. The number of carboxylic acid groups (broad SMARTS) is 1. The molecule has 1 aromatic carbocycles. The maximum atomic E-state index is 12.0. The van der Waals surface area contributed by atoms with E-state index < -0.39 is 11.2 Å². The molecule has 6 nitrogen and oxygen atoms in total. The number of carbonyl (C=O) groups is 3. The number of anilines is 1. The highest BCUT2D eigenvalue weighted by Gasteiger charge is 2.28. The quantitative estimate of drug-likeness (QED) is 0.688. The second-order valence-corrected chi connectivity index (χ2v) is 6.47. The summed E-state index contributed by atoms with van der Waals surface area (Å²) in [7, 11) is 0. The fourth-order valence-electron chi connectivity index (χ4n) is 1.97. The molecule has 0 bridgehead atoms. The summed E-state index contributed by atoms with van der Waals surface area (Å²) in [6.45, 7) is 0.288. The summed E-state index contributed by atoms with van der Waals surface area (Å²) in [5, 5.41) is 13.9. The molecule has 0 aromatic heterocycles. The Hall–Kier alpha value is -1.73. The van der Waals surface area contributed by atoms with Gasteiger partial charge in [0.05, 0.1) is 10.9 Å². The molecule has 22 heavy (non-hydrogen) atoms. The minimum absolute atomic E-state index is 0.00702. The second-order valence-electron chi connectivity index (χ2n) is 4.79. The monoisotopic (exact) mass is 342 g/mol. The van der Waals surface area contributed by atoms with Crippen LogP contribution in [0.25, 0.3) is 0 Å². The van der Waals surface area contributed by atoms with E-state index in [0.717, 1.165) is 4.90 Å². The Morgan fingerprint density at radius 2 is 2.18 bits per heavy atom. The van der Waals surface area contributed by atoms with Crippen LogP contribution in [0.15, 0.2) is 23.1 Å². The number of nitrogens with one attached hydrogen (secondary N) is 2. The third-order valence-corrected chi connectivity index (χ3v) is 4.53. The van der Waals surface area contributed by atoms with Gasteiger partial charge in [-0.3, -0.25) is 14.4 Å². The zero-order chi connectivity index (χ0) is 16.1. The molecule has 0 saturated heterocycles. The van der Waals surface area contributed by atoms with E-state index in [9.17, 15) is 14.4 Å². The average molecular weight is 343 g/mol.